The molecule has 0 unspecified atom stereocenters. The fourth-order valence-corrected chi connectivity index (χ4v) is 2.03. The smallest absolute Gasteiger partial charge is 0.261 e. The highest BCUT2D eigenvalue weighted by Gasteiger charge is 2.20. The minimum atomic E-state index is -0.864. The molecule has 0 saturated heterocycles. The number of nitrogens with two attached hydrogens (primary N) is 1. The van der Waals surface area contributed by atoms with E-state index in [9.17, 15) is 13.6 Å². The number of benzene rings is 2. The van der Waals surface area contributed by atoms with E-state index in [0.717, 1.165) is 12.1 Å². The van der Waals surface area contributed by atoms with E-state index in [2.05, 4.69) is 0 Å². The summed E-state index contributed by atoms with van der Waals surface area (Å²) in [5, 5.41) is 0. The molecule has 3 nitrogen and oxygen atoms in total. The molecule has 0 radical (unpaired) electrons. The molecular weight excluding hydrogens is 274 g/mol. The summed E-state index contributed by atoms with van der Waals surface area (Å²) in [7, 11) is 0. The molecule has 0 bridgehead atoms. The van der Waals surface area contributed by atoms with Crippen molar-refractivity contribution in [2.75, 3.05) is 17.2 Å². The molecule has 0 atom stereocenters. The van der Waals surface area contributed by atoms with Crippen LogP contribution < -0.4 is 10.6 Å². The molecule has 0 spiro atoms. The van der Waals surface area contributed by atoms with Crippen LogP contribution in [0.2, 0.25) is 0 Å². The summed E-state index contributed by atoms with van der Waals surface area (Å²) in [4.78, 5) is 13.9. The standard InChI is InChI=1S/C16H16F2N2O/c1-2-9-20(13-6-4-12(19)5-7-13)16(21)14-8-3-11(17)10-15(14)18/h3-8,10H,2,9,19H2,1H3. The summed E-state index contributed by atoms with van der Waals surface area (Å²) < 4.78 is 26.7. The molecule has 0 heterocycles. The first-order chi connectivity index (χ1) is 10.0. The first-order valence-corrected chi connectivity index (χ1v) is 6.65. The van der Waals surface area contributed by atoms with Crippen LogP contribution in [0.5, 0.6) is 0 Å². The van der Waals surface area contributed by atoms with Gasteiger partial charge in [0.2, 0.25) is 0 Å². The Balaban J connectivity index is 2.37. The Labute approximate surface area is 122 Å². The maximum atomic E-state index is 13.8. The number of carbonyl (C=O) groups excluding carboxylic acids is 1. The summed E-state index contributed by atoms with van der Waals surface area (Å²) in [6.07, 6.45) is 0.707. The number of nitrogens with zero attached hydrogens (tertiary/aromatic N) is 1. The first kappa shape index (κ1) is 15.0. The van der Waals surface area contributed by atoms with Gasteiger partial charge in [0.15, 0.2) is 0 Å². The van der Waals surface area contributed by atoms with Crippen LogP contribution in [-0.2, 0) is 0 Å². The SMILES string of the molecule is CCCN(C(=O)c1ccc(F)cc1F)c1ccc(N)cc1. The van der Waals surface area contributed by atoms with Crippen LogP contribution in [-0.4, -0.2) is 12.5 Å². The number of carbonyl (C=O) groups is 1. The number of anilines is 2. The van der Waals surface area contributed by atoms with Gasteiger partial charge in [-0.3, -0.25) is 4.79 Å². The Bertz CT molecular complexity index is 641. The highest BCUT2D eigenvalue weighted by atomic mass is 19.1. The van der Waals surface area contributed by atoms with Crippen LogP contribution in [0, 0.1) is 11.6 Å². The van der Waals surface area contributed by atoms with E-state index in [1.165, 1.54) is 4.90 Å². The zero-order chi connectivity index (χ0) is 15.4. The zero-order valence-corrected chi connectivity index (χ0v) is 11.6. The molecule has 0 aromatic heterocycles. The minimum absolute atomic E-state index is 0.151. The van der Waals surface area contributed by atoms with Gasteiger partial charge in [-0.2, -0.15) is 0 Å². The number of hydrogen-bond donors (Lipinski definition) is 1. The summed E-state index contributed by atoms with van der Waals surface area (Å²) in [6.45, 7) is 2.35. The van der Waals surface area contributed by atoms with E-state index in [0.29, 0.717) is 30.4 Å². The molecular formula is C16H16F2N2O. The fraction of sp³-hybridized carbons (Fsp3) is 0.188. The molecule has 0 aliphatic heterocycles. The van der Waals surface area contributed by atoms with Crippen molar-refractivity contribution in [3.05, 3.63) is 59.7 Å². The molecule has 2 N–H and O–H groups in total. The third kappa shape index (κ3) is 3.37. The average Bonchev–Trinajstić information content (AvgIpc) is 2.45. The second kappa shape index (κ2) is 6.35. The van der Waals surface area contributed by atoms with Gasteiger partial charge in [0.1, 0.15) is 11.6 Å². The molecule has 0 saturated carbocycles. The van der Waals surface area contributed by atoms with Gasteiger partial charge in [-0.05, 0) is 42.8 Å². The van der Waals surface area contributed by atoms with Crippen LogP contribution in [0.4, 0.5) is 20.2 Å². The van der Waals surface area contributed by atoms with Crippen molar-refractivity contribution >= 4 is 17.3 Å². The lowest BCUT2D eigenvalue weighted by atomic mass is 10.1. The molecule has 5 heteroatoms. The third-order valence-corrected chi connectivity index (χ3v) is 3.06. The quantitative estimate of drug-likeness (QED) is 0.874. The van der Waals surface area contributed by atoms with E-state index in [1.807, 2.05) is 6.92 Å². The highest BCUT2D eigenvalue weighted by molar-refractivity contribution is 6.06. The van der Waals surface area contributed by atoms with Gasteiger partial charge in [-0.25, -0.2) is 8.78 Å². The number of halogens is 2. The van der Waals surface area contributed by atoms with Crippen molar-refractivity contribution in [2.45, 2.75) is 13.3 Å². The van der Waals surface area contributed by atoms with Gasteiger partial charge in [0, 0.05) is 24.0 Å². The Morgan fingerprint density at radius 3 is 2.38 bits per heavy atom. The summed E-state index contributed by atoms with van der Waals surface area (Å²) in [5.41, 5.74) is 6.68. The molecule has 2 aromatic carbocycles. The molecule has 21 heavy (non-hydrogen) atoms. The van der Waals surface area contributed by atoms with Crippen molar-refractivity contribution in [1.29, 1.82) is 0 Å². The summed E-state index contributed by atoms with van der Waals surface area (Å²) >= 11 is 0. The molecule has 0 fully saturated rings. The lowest BCUT2D eigenvalue weighted by Crippen LogP contribution is -2.32. The van der Waals surface area contributed by atoms with Gasteiger partial charge in [0.25, 0.3) is 5.91 Å². The molecule has 1 amide bonds. The van der Waals surface area contributed by atoms with Crippen molar-refractivity contribution in [1.82, 2.24) is 0 Å². The topological polar surface area (TPSA) is 46.3 Å². The van der Waals surface area contributed by atoms with Gasteiger partial charge >= 0.3 is 0 Å². The molecule has 0 aliphatic rings. The largest absolute Gasteiger partial charge is 0.399 e. The van der Waals surface area contributed by atoms with E-state index in [-0.39, 0.29) is 5.56 Å². The van der Waals surface area contributed by atoms with Crippen molar-refractivity contribution < 1.29 is 13.6 Å². The molecule has 0 aliphatic carbocycles. The van der Waals surface area contributed by atoms with E-state index < -0.39 is 17.5 Å². The van der Waals surface area contributed by atoms with Crippen LogP contribution in [0.25, 0.3) is 0 Å². The van der Waals surface area contributed by atoms with Gasteiger partial charge < -0.3 is 10.6 Å². The van der Waals surface area contributed by atoms with E-state index in [4.69, 9.17) is 5.73 Å². The normalized spacial score (nSPS) is 10.4. The molecule has 110 valence electrons. The number of amides is 1. The zero-order valence-electron chi connectivity index (χ0n) is 11.6. The maximum absolute atomic E-state index is 13.8. The molecule has 2 aromatic rings. The molecule has 2 rings (SSSR count). The number of hydrogen-bond acceptors (Lipinski definition) is 2. The maximum Gasteiger partial charge on any atom is 0.261 e. The summed E-state index contributed by atoms with van der Waals surface area (Å²) in [5.74, 6) is -2.07. The second-order valence-corrected chi connectivity index (χ2v) is 4.67. The lowest BCUT2D eigenvalue weighted by molar-refractivity contribution is 0.0983. The second-order valence-electron chi connectivity index (χ2n) is 4.67. The highest BCUT2D eigenvalue weighted by Crippen LogP contribution is 2.21. The summed E-state index contributed by atoms with van der Waals surface area (Å²) in [6, 6.07) is 9.68. The van der Waals surface area contributed by atoms with Crippen LogP contribution in [0.3, 0.4) is 0 Å². The Morgan fingerprint density at radius 2 is 1.81 bits per heavy atom. The van der Waals surface area contributed by atoms with Crippen molar-refractivity contribution in [3.8, 4) is 0 Å². The van der Waals surface area contributed by atoms with E-state index in [1.54, 1.807) is 24.3 Å². The predicted molar refractivity (Wildman–Crippen MR) is 79.2 cm³/mol. The Hall–Kier alpha value is -2.43. The van der Waals surface area contributed by atoms with Crippen LogP contribution in [0.15, 0.2) is 42.5 Å². The average molecular weight is 290 g/mol. The Morgan fingerprint density at radius 1 is 1.14 bits per heavy atom. The Kier molecular flexibility index (Phi) is 4.52. The monoisotopic (exact) mass is 290 g/mol. The van der Waals surface area contributed by atoms with Gasteiger partial charge in [-0.1, -0.05) is 6.92 Å². The third-order valence-electron chi connectivity index (χ3n) is 3.06. The van der Waals surface area contributed by atoms with E-state index >= 15 is 0 Å². The van der Waals surface area contributed by atoms with Crippen molar-refractivity contribution in [2.24, 2.45) is 0 Å². The van der Waals surface area contributed by atoms with Crippen molar-refractivity contribution in [3.63, 3.8) is 0 Å². The van der Waals surface area contributed by atoms with Gasteiger partial charge in [0.05, 0.1) is 5.56 Å². The minimum Gasteiger partial charge on any atom is -0.399 e. The predicted octanol–water partition coefficient (Wildman–Crippen LogP) is 3.60. The van der Waals surface area contributed by atoms with Gasteiger partial charge in [-0.15, -0.1) is 0 Å². The number of rotatable bonds is 4. The fourth-order valence-electron chi connectivity index (χ4n) is 2.03. The first-order valence-electron chi connectivity index (χ1n) is 6.65. The lowest BCUT2D eigenvalue weighted by Gasteiger charge is -2.22. The number of nitrogen functional groups attached to an aromatic ring is 1. The van der Waals surface area contributed by atoms with Crippen LogP contribution in [0.1, 0.15) is 23.7 Å². The van der Waals surface area contributed by atoms with Crippen LogP contribution >= 0.6 is 0 Å².